The predicted octanol–water partition coefficient (Wildman–Crippen LogP) is 5.03. The highest BCUT2D eigenvalue weighted by molar-refractivity contribution is 5.89. The Bertz CT molecular complexity index is 587. The first kappa shape index (κ1) is 30.0. The van der Waals surface area contributed by atoms with E-state index in [-0.39, 0.29) is 18.3 Å². The molecule has 0 heterocycles. The van der Waals surface area contributed by atoms with Crippen molar-refractivity contribution in [3.8, 4) is 0 Å². The predicted molar refractivity (Wildman–Crippen MR) is 129 cm³/mol. The lowest BCUT2D eigenvalue weighted by Gasteiger charge is -2.36. The summed E-state index contributed by atoms with van der Waals surface area (Å²) in [4.78, 5) is 35.1. The quantitative estimate of drug-likeness (QED) is 0.0887. The van der Waals surface area contributed by atoms with E-state index in [2.05, 4.69) is 25.7 Å². The van der Waals surface area contributed by atoms with Crippen molar-refractivity contribution in [2.24, 2.45) is 17.6 Å². The lowest BCUT2D eigenvalue weighted by molar-refractivity contribution is -0.173. The number of ether oxygens (including phenoxy) is 1. The van der Waals surface area contributed by atoms with Crippen LogP contribution in [0, 0.1) is 11.8 Å². The Morgan fingerprint density at radius 3 is 2.25 bits per heavy atom. The van der Waals surface area contributed by atoms with Crippen LogP contribution in [0.25, 0.3) is 0 Å². The molecule has 6 heteroatoms. The van der Waals surface area contributed by atoms with Gasteiger partial charge in [-0.05, 0) is 45.4 Å². The maximum atomic E-state index is 12.2. The first-order valence-corrected chi connectivity index (χ1v) is 12.2. The molecule has 0 saturated heterocycles. The minimum Gasteiger partial charge on any atom is -0.445 e. The summed E-state index contributed by atoms with van der Waals surface area (Å²) in [5, 5.41) is 9.84. The molecule has 0 aliphatic heterocycles. The van der Waals surface area contributed by atoms with Crippen molar-refractivity contribution in [1.82, 2.24) is 0 Å². The first-order valence-electron chi connectivity index (χ1n) is 12.2. The third-order valence-corrected chi connectivity index (χ3v) is 6.01. The van der Waals surface area contributed by atoms with Crippen LogP contribution in [0.15, 0.2) is 24.8 Å². The van der Waals surface area contributed by atoms with E-state index in [0.717, 1.165) is 63.7 Å². The van der Waals surface area contributed by atoms with E-state index in [0.29, 0.717) is 6.42 Å². The molecule has 6 nitrogen and oxygen atoms in total. The second-order valence-corrected chi connectivity index (χ2v) is 8.91. The van der Waals surface area contributed by atoms with Crippen LogP contribution in [0.1, 0.15) is 97.8 Å². The van der Waals surface area contributed by atoms with Gasteiger partial charge in [-0.3, -0.25) is 4.79 Å². The standard InChI is InChI=1S/C26H45NO5/c1-5-7-13-17-23(20-28)18-15-12-10-8-9-11-14-16-21(3)26(25(27)31,19-22(4)29)32-24(30)6-2/h6,10,12,20-23,29H,2,5,7-9,11,13-19H2,1,3-4H3,(H2,27,31). The van der Waals surface area contributed by atoms with Crippen LogP contribution in [0.4, 0.5) is 0 Å². The highest BCUT2D eigenvalue weighted by Crippen LogP contribution is 2.32. The zero-order valence-electron chi connectivity index (χ0n) is 20.4. The molecule has 1 amide bonds. The molecule has 0 spiro atoms. The van der Waals surface area contributed by atoms with Crippen molar-refractivity contribution in [3.63, 3.8) is 0 Å². The summed E-state index contributed by atoms with van der Waals surface area (Å²) < 4.78 is 5.38. The number of carbonyl (C=O) groups is 3. The molecule has 0 aromatic carbocycles. The van der Waals surface area contributed by atoms with Gasteiger partial charge in [0.05, 0.1) is 6.10 Å². The summed E-state index contributed by atoms with van der Waals surface area (Å²) in [7, 11) is 0. The highest BCUT2D eigenvalue weighted by atomic mass is 16.6. The molecule has 0 aromatic rings. The lowest BCUT2D eigenvalue weighted by Crippen LogP contribution is -2.54. The molecule has 0 bridgehead atoms. The van der Waals surface area contributed by atoms with E-state index >= 15 is 0 Å². The molecule has 0 radical (unpaired) electrons. The maximum absolute atomic E-state index is 12.2. The fourth-order valence-corrected chi connectivity index (χ4v) is 4.00. The van der Waals surface area contributed by atoms with Crippen LogP contribution in [0.3, 0.4) is 0 Å². The molecule has 184 valence electrons. The number of hydrogen-bond donors (Lipinski definition) is 2. The van der Waals surface area contributed by atoms with Gasteiger partial charge in [0.15, 0.2) is 5.60 Å². The van der Waals surface area contributed by atoms with Gasteiger partial charge in [-0.2, -0.15) is 0 Å². The van der Waals surface area contributed by atoms with Gasteiger partial charge in [0.1, 0.15) is 6.29 Å². The van der Waals surface area contributed by atoms with Crippen molar-refractivity contribution in [3.05, 3.63) is 24.8 Å². The zero-order valence-corrected chi connectivity index (χ0v) is 20.4. The number of carbonyl (C=O) groups excluding carboxylic acids is 3. The van der Waals surface area contributed by atoms with Crippen molar-refractivity contribution >= 4 is 18.2 Å². The summed E-state index contributed by atoms with van der Waals surface area (Å²) in [6.07, 6.45) is 16.4. The van der Waals surface area contributed by atoms with Gasteiger partial charge in [0.25, 0.3) is 5.91 Å². The van der Waals surface area contributed by atoms with Crippen molar-refractivity contribution < 1.29 is 24.2 Å². The molecule has 3 N–H and O–H groups in total. The Morgan fingerprint density at radius 1 is 1.03 bits per heavy atom. The first-order chi connectivity index (χ1) is 15.2. The number of nitrogens with two attached hydrogens (primary N) is 1. The van der Waals surface area contributed by atoms with Crippen LogP contribution >= 0.6 is 0 Å². The smallest absolute Gasteiger partial charge is 0.331 e. The van der Waals surface area contributed by atoms with Crippen LogP contribution < -0.4 is 5.73 Å². The average molecular weight is 452 g/mol. The number of aliphatic hydroxyl groups is 1. The summed E-state index contributed by atoms with van der Waals surface area (Å²) in [5.74, 6) is -1.60. The molecule has 32 heavy (non-hydrogen) atoms. The number of aliphatic hydroxyl groups excluding tert-OH is 1. The molecule has 0 aliphatic rings. The number of amides is 1. The van der Waals surface area contributed by atoms with Gasteiger partial charge in [0.2, 0.25) is 0 Å². The lowest BCUT2D eigenvalue weighted by atomic mass is 9.80. The molecule has 4 atom stereocenters. The number of aldehydes is 1. The maximum Gasteiger partial charge on any atom is 0.331 e. The van der Waals surface area contributed by atoms with Crippen molar-refractivity contribution in [1.29, 1.82) is 0 Å². The van der Waals surface area contributed by atoms with E-state index < -0.39 is 23.6 Å². The second kappa shape index (κ2) is 17.6. The van der Waals surface area contributed by atoms with E-state index in [1.807, 2.05) is 6.92 Å². The number of rotatable bonds is 20. The Balaban J connectivity index is 4.38. The van der Waals surface area contributed by atoms with Crippen molar-refractivity contribution in [2.75, 3.05) is 0 Å². The Hall–Kier alpha value is -1.95. The molecular weight excluding hydrogens is 406 g/mol. The van der Waals surface area contributed by atoms with Crippen LogP contribution in [0.2, 0.25) is 0 Å². The Kier molecular flexibility index (Phi) is 16.5. The topological polar surface area (TPSA) is 107 Å². The number of hydrogen-bond acceptors (Lipinski definition) is 5. The van der Waals surface area contributed by atoms with E-state index in [4.69, 9.17) is 10.5 Å². The van der Waals surface area contributed by atoms with Gasteiger partial charge < -0.3 is 20.4 Å². The van der Waals surface area contributed by atoms with Gasteiger partial charge in [-0.15, -0.1) is 0 Å². The van der Waals surface area contributed by atoms with Crippen LogP contribution in [-0.4, -0.2) is 35.0 Å². The SMILES string of the molecule is C=CC(=O)OC(CC(C)O)(C(N)=O)C(C)CCCCCC=CCCC(C=O)CCCCC. The highest BCUT2D eigenvalue weighted by Gasteiger charge is 2.46. The molecule has 0 fully saturated rings. The third kappa shape index (κ3) is 12.2. The molecule has 4 unspecified atom stereocenters. The molecule has 0 aromatic heterocycles. The Morgan fingerprint density at radius 2 is 1.69 bits per heavy atom. The zero-order chi connectivity index (χ0) is 24.4. The van der Waals surface area contributed by atoms with Crippen LogP contribution in [0.5, 0.6) is 0 Å². The number of allylic oxidation sites excluding steroid dienone is 2. The number of primary amides is 1. The molecule has 0 rings (SSSR count). The largest absolute Gasteiger partial charge is 0.445 e. The Labute approximate surface area is 194 Å². The monoisotopic (exact) mass is 451 g/mol. The summed E-state index contributed by atoms with van der Waals surface area (Å²) >= 11 is 0. The van der Waals surface area contributed by atoms with Crippen LogP contribution in [-0.2, 0) is 19.1 Å². The van der Waals surface area contributed by atoms with E-state index in [1.54, 1.807) is 6.92 Å². The molecule has 0 saturated carbocycles. The summed E-state index contributed by atoms with van der Waals surface area (Å²) in [5.41, 5.74) is 4.06. The minimum atomic E-state index is -1.54. The van der Waals surface area contributed by atoms with Crippen molar-refractivity contribution in [2.45, 2.75) is 110 Å². The van der Waals surface area contributed by atoms with Gasteiger partial charge >= 0.3 is 5.97 Å². The molecule has 0 aliphatic carbocycles. The van der Waals surface area contributed by atoms with Gasteiger partial charge in [0, 0.05) is 24.3 Å². The minimum absolute atomic E-state index is 0.0357. The van der Waals surface area contributed by atoms with E-state index in [9.17, 15) is 19.5 Å². The fraction of sp³-hybridized carbons (Fsp3) is 0.731. The second-order valence-electron chi connectivity index (χ2n) is 8.91. The summed E-state index contributed by atoms with van der Waals surface area (Å²) in [6.45, 7) is 8.91. The normalized spacial score (nSPS) is 16.1. The fourth-order valence-electron chi connectivity index (χ4n) is 4.00. The molecular formula is C26H45NO5. The van der Waals surface area contributed by atoms with Gasteiger partial charge in [-0.1, -0.05) is 64.7 Å². The summed E-state index contributed by atoms with van der Waals surface area (Å²) in [6, 6.07) is 0. The average Bonchev–Trinajstić information content (AvgIpc) is 2.75. The third-order valence-electron chi connectivity index (χ3n) is 6.01. The van der Waals surface area contributed by atoms with Gasteiger partial charge in [-0.25, -0.2) is 4.79 Å². The number of unbranched alkanes of at least 4 members (excludes halogenated alkanes) is 5. The van der Waals surface area contributed by atoms with E-state index in [1.165, 1.54) is 12.8 Å². The number of esters is 1.